The number of para-hydroxylation sites is 1. The van der Waals surface area contributed by atoms with E-state index >= 15 is 0 Å². The third-order valence-electron chi connectivity index (χ3n) is 2.88. The van der Waals surface area contributed by atoms with Crippen molar-refractivity contribution in [1.29, 1.82) is 0 Å². The smallest absolute Gasteiger partial charge is 0.387 e. The van der Waals surface area contributed by atoms with Gasteiger partial charge in [-0.3, -0.25) is 4.79 Å². The fraction of sp³-hybridized carbons (Fsp3) is 0.188. The molecule has 116 valence electrons. The van der Waals surface area contributed by atoms with Crippen molar-refractivity contribution in [1.82, 2.24) is 5.32 Å². The van der Waals surface area contributed by atoms with Crippen LogP contribution in [0.2, 0.25) is 0 Å². The number of rotatable bonds is 6. The van der Waals surface area contributed by atoms with Gasteiger partial charge in [-0.05, 0) is 31.2 Å². The zero-order valence-corrected chi connectivity index (χ0v) is 11.8. The summed E-state index contributed by atoms with van der Waals surface area (Å²) in [7, 11) is 0. The minimum atomic E-state index is -2.91. The van der Waals surface area contributed by atoms with E-state index in [-0.39, 0.29) is 17.7 Å². The Kier molecular flexibility index (Phi) is 5.30. The highest BCUT2D eigenvalue weighted by atomic mass is 19.3. The van der Waals surface area contributed by atoms with Crippen LogP contribution in [0.5, 0.6) is 5.75 Å². The van der Waals surface area contributed by atoms with E-state index in [0.717, 1.165) is 0 Å². The quantitative estimate of drug-likeness (QED) is 0.826. The Morgan fingerprint density at radius 1 is 1.27 bits per heavy atom. The van der Waals surface area contributed by atoms with Crippen LogP contribution in [0, 0.1) is 0 Å². The third-order valence-corrected chi connectivity index (χ3v) is 2.88. The van der Waals surface area contributed by atoms with Gasteiger partial charge in [0.2, 0.25) is 5.91 Å². The highest BCUT2D eigenvalue weighted by molar-refractivity contribution is 5.92. The maximum atomic E-state index is 12.3. The van der Waals surface area contributed by atoms with Gasteiger partial charge < -0.3 is 14.5 Å². The van der Waals surface area contributed by atoms with E-state index in [0.29, 0.717) is 11.3 Å². The molecule has 2 rings (SSSR count). The van der Waals surface area contributed by atoms with Crippen LogP contribution in [0.3, 0.4) is 0 Å². The first kappa shape index (κ1) is 15.8. The summed E-state index contributed by atoms with van der Waals surface area (Å²) < 4.78 is 34.2. The van der Waals surface area contributed by atoms with Gasteiger partial charge in [-0.2, -0.15) is 8.78 Å². The van der Waals surface area contributed by atoms with E-state index in [1.54, 1.807) is 37.3 Å². The highest BCUT2D eigenvalue weighted by Gasteiger charge is 2.10. The summed E-state index contributed by atoms with van der Waals surface area (Å²) in [6.07, 6.45) is 4.20. The Labute approximate surface area is 126 Å². The van der Waals surface area contributed by atoms with Crippen LogP contribution < -0.4 is 10.1 Å². The molecule has 1 aromatic heterocycles. The molecule has 0 radical (unpaired) electrons. The van der Waals surface area contributed by atoms with E-state index in [1.807, 2.05) is 0 Å². The van der Waals surface area contributed by atoms with Gasteiger partial charge in [0, 0.05) is 11.6 Å². The summed E-state index contributed by atoms with van der Waals surface area (Å²) in [6.45, 7) is -1.14. The molecule has 6 heteroatoms. The molecule has 0 spiro atoms. The summed E-state index contributed by atoms with van der Waals surface area (Å²) >= 11 is 0. The van der Waals surface area contributed by atoms with Crippen LogP contribution in [-0.2, 0) is 4.79 Å². The maximum absolute atomic E-state index is 12.3. The predicted molar refractivity (Wildman–Crippen MR) is 77.4 cm³/mol. The van der Waals surface area contributed by atoms with Crippen LogP contribution in [0.15, 0.2) is 53.2 Å². The number of halogens is 2. The number of hydrogen-bond acceptors (Lipinski definition) is 3. The monoisotopic (exact) mass is 307 g/mol. The topological polar surface area (TPSA) is 51.5 Å². The molecule has 22 heavy (non-hydrogen) atoms. The van der Waals surface area contributed by atoms with Crippen molar-refractivity contribution in [2.24, 2.45) is 0 Å². The van der Waals surface area contributed by atoms with Crippen molar-refractivity contribution in [2.45, 2.75) is 19.6 Å². The number of alkyl halides is 2. The lowest BCUT2D eigenvalue weighted by atomic mass is 10.2. The molecule has 0 saturated carbocycles. The van der Waals surface area contributed by atoms with Crippen molar-refractivity contribution in [3.63, 3.8) is 0 Å². The van der Waals surface area contributed by atoms with Crippen molar-refractivity contribution >= 4 is 12.0 Å². The number of carbonyl (C=O) groups is 1. The highest BCUT2D eigenvalue weighted by Crippen LogP contribution is 2.21. The predicted octanol–water partition coefficient (Wildman–Crippen LogP) is 3.77. The SMILES string of the molecule is CC(NC(=O)/C=C/c1ccccc1OC(F)F)c1ccco1. The number of nitrogens with one attached hydrogen (secondary N) is 1. The zero-order chi connectivity index (χ0) is 15.9. The van der Waals surface area contributed by atoms with Crippen molar-refractivity contribution < 1.29 is 22.7 Å². The first-order valence-corrected chi connectivity index (χ1v) is 6.62. The van der Waals surface area contributed by atoms with E-state index in [1.165, 1.54) is 24.5 Å². The number of carbonyl (C=O) groups excluding carboxylic acids is 1. The molecule has 1 aromatic carbocycles. The molecule has 4 nitrogen and oxygen atoms in total. The molecule has 2 aromatic rings. The van der Waals surface area contributed by atoms with Crippen LogP contribution in [0.1, 0.15) is 24.3 Å². The van der Waals surface area contributed by atoms with Crippen molar-refractivity contribution in [3.05, 3.63) is 60.1 Å². The summed E-state index contributed by atoms with van der Waals surface area (Å²) in [4.78, 5) is 11.8. The molecule has 1 unspecified atom stereocenters. The Hall–Kier alpha value is -2.63. The average Bonchev–Trinajstić information content (AvgIpc) is 3.00. The Morgan fingerprint density at radius 2 is 2.05 bits per heavy atom. The normalized spacial score (nSPS) is 12.5. The lowest BCUT2D eigenvalue weighted by molar-refractivity contribution is -0.117. The second-order valence-corrected chi connectivity index (χ2v) is 4.50. The molecule has 1 atom stereocenters. The summed E-state index contributed by atoms with van der Waals surface area (Å²) in [5.74, 6) is 0.277. The van der Waals surface area contributed by atoms with Gasteiger partial charge in [0.15, 0.2) is 0 Å². The molecule has 0 saturated heterocycles. The number of furan rings is 1. The third kappa shape index (κ3) is 4.44. The Balaban J connectivity index is 2.01. The van der Waals surface area contributed by atoms with Gasteiger partial charge in [0.05, 0.1) is 12.3 Å². The average molecular weight is 307 g/mol. The van der Waals surface area contributed by atoms with Gasteiger partial charge >= 0.3 is 6.61 Å². The fourth-order valence-electron chi connectivity index (χ4n) is 1.86. The van der Waals surface area contributed by atoms with E-state index < -0.39 is 6.61 Å². The first-order chi connectivity index (χ1) is 10.6. The number of hydrogen-bond donors (Lipinski definition) is 1. The molecule has 0 aliphatic heterocycles. The van der Waals surface area contributed by atoms with Crippen LogP contribution in [-0.4, -0.2) is 12.5 Å². The lowest BCUT2D eigenvalue weighted by Gasteiger charge is -2.09. The van der Waals surface area contributed by atoms with Crippen molar-refractivity contribution in [2.75, 3.05) is 0 Å². The maximum Gasteiger partial charge on any atom is 0.387 e. The van der Waals surface area contributed by atoms with E-state index in [9.17, 15) is 13.6 Å². The Bertz CT molecular complexity index is 639. The van der Waals surface area contributed by atoms with Gasteiger partial charge in [-0.15, -0.1) is 0 Å². The van der Waals surface area contributed by atoms with Crippen molar-refractivity contribution in [3.8, 4) is 5.75 Å². The molecular weight excluding hydrogens is 292 g/mol. The fourth-order valence-corrected chi connectivity index (χ4v) is 1.86. The molecule has 0 fully saturated rings. The van der Waals surface area contributed by atoms with Gasteiger partial charge in [-0.1, -0.05) is 18.2 Å². The van der Waals surface area contributed by atoms with E-state index in [2.05, 4.69) is 10.1 Å². The molecular formula is C16H15F2NO3. The minimum absolute atomic E-state index is 0.0145. The van der Waals surface area contributed by atoms with Gasteiger partial charge in [0.1, 0.15) is 11.5 Å². The Morgan fingerprint density at radius 3 is 2.73 bits per heavy atom. The lowest BCUT2D eigenvalue weighted by Crippen LogP contribution is -2.24. The second-order valence-electron chi connectivity index (χ2n) is 4.50. The first-order valence-electron chi connectivity index (χ1n) is 6.62. The standard InChI is InChI=1S/C16H15F2NO3/c1-11(13-7-4-10-21-13)19-15(20)9-8-12-5-2-3-6-14(12)22-16(17)18/h2-11,16H,1H3,(H,19,20)/b9-8+. The van der Waals surface area contributed by atoms with Gasteiger partial charge in [0.25, 0.3) is 0 Å². The second kappa shape index (κ2) is 7.40. The molecule has 0 aliphatic carbocycles. The van der Waals surface area contributed by atoms with Gasteiger partial charge in [-0.25, -0.2) is 0 Å². The number of amides is 1. The summed E-state index contributed by atoms with van der Waals surface area (Å²) in [6, 6.07) is 9.42. The minimum Gasteiger partial charge on any atom is -0.467 e. The summed E-state index contributed by atoms with van der Waals surface area (Å²) in [5, 5.41) is 2.70. The number of benzene rings is 1. The summed E-state index contributed by atoms with van der Waals surface area (Å²) in [5.41, 5.74) is 0.392. The zero-order valence-electron chi connectivity index (χ0n) is 11.8. The van der Waals surface area contributed by atoms with Crippen LogP contribution in [0.4, 0.5) is 8.78 Å². The van der Waals surface area contributed by atoms with Crippen LogP contribution >= 0.6 is 0 Å². The van der Waals surface area contributed by atoms with Crippen LogP contribution in [0.25, 0.3) is 6.08 Å². The molecule has 1 amide bonds. The molecule has 1 heterocycles. The molecule has 0 aliphatic rings. The molecule has 1 N–H and O–H groups in total. The number of ether oxygens (including phenoxy) is 1. The van der Waals surface area contributed by atoms with E-state index in [4.69, 9.17) is 4.42 Å². The molecule has 0 bridgehead atoms. The largest absolute Gasteiger partial charge is 0.467 e.